The molecule has 8 rings (SSSR count). The van der Waals surface area contributed by atoms with Crippen LogP contribution in [0.25, 0.3) is 72.8 Å². The maximum Gasteiger partial charge on any atom is 0.164 e. The van der Waals surface area contributed by atoms with Gasteiger partial charge in [-0.2, -0.15) is 15.8 Å². The van der Waals surface area contributed by atoms with Gasteiger partial charge in [0.05, 0.1) is 45.9 Å². The van der Waals surface area contributed by atoms with Gasteiger partial charge in [-0.05, 0) is 54.1 Å². The van der Waals surface area contributed by atoms with E-state index in [-0.39, 0.29) is 0 Å². The van der Waals surface area contributed by atoms with Crippen LogP contribution >= 0.6 is 0 Å². The topological polar surface area (TPSA) is 115 Å². The van der Waals surface area contributed by atoms with Crippen molar-refractivity contribution in [3.8, 4) is 69.2 Å². The highest BCUT2D eigenvalue weighted by molar-refractivity contribution is 6.10. The predicted molar refractivity (Wildman–Crippen MR) is 190 cm³/mol. The summed E-state index contributed by atoms with van der Waals surface area (Å²) in [4.78, 5) is 14.9. The van der Waals surface area contributed by atoms with Crippen molar-refractivity contribution in [2.24, 2.45) is 0 Å². The summed E-state index contributed by atoms with van der Waals surface area (Å²) >= 11 is 0. The molecule has 0 saturated heterocycles. The lowest BCUT2D eigenvalue weighted by Gasteiger charge is -2.16. The minimum Gasteiger partial charge on any atom is -0.309 e. The molecule has 0 aliphatic heterocycles. The first kappa shape index (κ1) is 29.0. The summed E-state index contributed by atoms with van der Waals surface area (Å²) in [6, 6.07) is 51.1. The van der Waals surface area contributed by atoms with Gasteiger partial charge >= 0.3 is 0 Å². The number of hydrogen-bond donors (Lipinski definition) is 0. The molecule has 0 aliphatic rings. The average Bonchev–Trinajstić information content (AvgIpc) is 3.50. The number of fused-ring (bicyclic) bond motifs is 3. The zero-order valence-electron chi connectivity index (χ0n) is 25.9. The number of nitriles is 3. The van der Waals surface area contributed by atoms with E-state index in [1.807, 2.05) is 121 Å². The lowest BCUT2D eigenvalue weighted by atomic mass is 9.94. The molecule has 2 aromatic heterocycles. The van der Waals surface area contributed by atoms with Crippen molar-refractivity contribution in [1.29, 1.82) is 15.8 Å². The summed E-state index contributed by atoms with van der Waals surface area (Å²) in [5.41, 5.74) is 7.90. The highest BCUT2D eigenvalue weighted by Crippen LogP contribution is 2.39. The first-order valence-electron chi connectivity index (χ1n) is 15.5. The van der Waals surface area contributed by atoms with Crippen molar-refractivity contribution in [3.05, 3.63) is 156 Å². The fraction of sp³-hybridized carbons (Fsp3) is 0. The van der Waals surface area contributed by atoms with Crippen molar-refractivity contribution in [1.82, 2.24) is 19.5 Å². The van der Waals surface area contributed by atoms with E-state index in [0.29, 0.717) is 34.2 Å². The Bertz CT molecular complexity index is 2560. The molecule has 0 fully saturated rings. The molecule has 0 spiro atoms. The van der Waals surface area contributed by atoms with Crippen molar-refractivity contribution < 1.29 is 0 Å². The van der Waals surface area contributed by atoms with Gasteiger partial charge in [0, 0.05) is 38.7 Å². The standard InChI is InChI=1S/C42H23N7/c43-24-27-15-18-34-35-19-16-28(25-44)22-39(35)49(38(34)21-27)32-17-20-36(37(23-32)33-14-8-7-13-31(33)26-45)42-47-40(29-9-3-1-4-10-29)46-41(48-42)30-11-5-2-6-12-30/h1-23H. The van der Waals surface area contributed by atoms with E-state index in [4.69, 9.17) is 15.0 Å². The Morgan fingerprint density at radius 2 is 0.959 bits per heavy atom. The van der Waals surface area contributed by atoms with Crippen LogP contribution in [0.1, 0.15) is 16.7 Å². The van der Waals surface area contributed by atoms with Gasteiger partial charge in [0.25, 0.3) is 0 Å². The van der Waals surface area contributed by atoms with E-state index >= 15 is 0 Å². The molecule has 0 amide bonds. The normalized spacial score (nSPS) is 10.8. The Kier molecular flexibility index (Phi) is 7.16. The summed E-state index contributed by atoms with van der Waals surface area (Å²) in [5.74, 6) is 1.52. The fourth-order valence-electron chi connectivity index (χ4n) is 6.27. The minimum atomic E-state index is 0.461. The van der Waals surface area contributed by atoms with Crippen LogP contribution in [0.2, 0.25) is 0 Å². The Morgan fingerprint density at radius 3 is 1.51 bits per heavy atom. The SMILES string of the molecule is N#Cc1ccc2c3ccc(C#N)cc3n(-c3ccc(-c4nc(-c5ccccc5)nc(-c5ccccc5)n4)c(-c4ccccc4C#N)c3)c2c1. The Balaban J connectivity index is 1.44. The van der Waals surface area contributed by atoms with Crippen molar-refractivity contribution in [2.75, 3.05) is 0 Å². The molecule has 0 saturated carbocycles. The van der Waals surface area contributed by atoms with Gasteiger partial charge in [0.15, 0.2) is 17.5 Å². The van der Waals surface area contributed by atoms with Crippen LogP contribution in [0, 0.1) is 34.0 Å². The second-order valence-corrected chi connectivity index (χ2v) is 11.4. The molecule has 0 atom stereocenters. The molecule has 0 N–H and O–H groups in total. The van der Waals surface area contributed by atoms with Gasteiger partial charge in [-0.1, -0.05) is 91.0 Å². The molecule has 0 radical (unpaired) electrons. The van der Waals surface area contributed by atoms with Crippen LogP contribution in [0.4, 0.5) is 0 Å². The van der Waals surface area contributed by atoms with E-state index < -0.39 is 0 Å². The van der Waals surface area contributed by atoms with Crippen LogP contribution in [0.15, 0.2) is 140 Å². The van der Waals surface area contributed by atoms with Crippen LogP contribution in [0.3, 0.4) is 0 Å². The fourth-order valence-corrected chi connectivity index (χ4v) is 6.27. The number of nitrogens with zero attached hydrogens (tertiary/aromatic N) is 7. The first-order valence-corrected chi connectivity index (χ1v) is 15.5. The van der Waals surface area contributed by atoms with E-state index in [0.717, 1.165) is 55.3 Å². The quantitative estimate of drug-likeness (QED) is 0.188. The number of aromatic nitrogens is 4. The zero-order valence-corrected chi connectivity index (χ0v) is 25.9. The summed E-state index contributed by atoms with van der Waals surface area (Å²) < 4.78 is 2.06. The molecule has 49 heavy (non-hydrogen) atoms. The molecule has 7 nitrogen and oxygen atoms in total. The Labute approximate surface area is 281 Å². The van der Waals surface area contributed by atoms with Crippen LogP contribution in [0.5, 0.6) is 0 Å². The highest BCUT2D eigenvalue weighted by atomic mass is 15.0. The van der Waals surface area contributed by atoms with Gasteiger partial charge in [-0.15, -0.1) is 0 Å². The average molecular weight is 626 g/mol. The molecular weight excluding hydrogens is 603 g/mol. The molecule has 6 aromatic carbocycles. The zero-order chi connectivity index (χ0) is 33.3. The van der Waals surface area contributed by atoms with Gasteiger partial charge in [-0.3, -0.25) is 0 Å². The highest BCUT2D eigenvalue weighted by Gasteiger charge is 2.20. The van der Waals surface area contributed by atoms with Gasteiger partial charge in [0.2, 0.25) is 0 Å². The van der Waals surface area contributed by atoms with Crippen molar-refractivity contribution in [3.63, 3.8) is 0 Å². The maximum atomic E-state index is 10.2. The van der Waals surface area contributed by atoms with Crippen molar-refractivity contribution >= 4 is 21.8 Å². The first-order chi connectivity index (χ1) is 24.1. The van der Waals surface area contributed by atoms with Crippen LogP contribution in [-0.4, -0.2) is 19.5 Å². The van der Waals surface area contributed by atoms with Gasteiger partial charge in [0.1, 0.15) is 0 Å². The lowest BCUT2D eigenvalue weighted by Crippen LogP contribution is -2.02. The minimum absolute atomic E-state index is 0.461. The van der Waals surface area contributed by atoms with Gasteiger partial charge < -0.3 is 4.57 Å². The number of hydrogen-bond acceptors (Lipinski definition) is 6. The smallest absolute Gasteiger partial charge is 0.164 e. The number of rotatable bonds is 5. The molecule has 7 heteroatoms. The molecule has 8 aromatic rings. The summed E-state index contributed by atoms with van der Waals surface area (Å²) in [6.07, 6.45) is 0. The second-order valence-electron chi connectivity index (χ2n) is 11.4. The Hall–Kier alpha value is -7.40. The Morgan fingerprint density at radius 1 is 0.429 bits per heavy atom. The van der Waals surface area contributed by atoms with E-state index in [1.54, 1.807) is 18.2 Å². The third-order valence-corrected chi connectivity index (χ3v) is 8.56. The molecule has 226 valence electrons. The monoisotopic (exact) mass is 625 g/mol. The molecule has 0 bridgehead atoms. The maximum absolute atomic E-state index is 10.2. The summed E-state index contributed by atoms with van der Waals surface area (Å²) in [6.45, 7) is 0. The predicted octanol–water partition coefficient (Wildman–Crippen LogP) is 9.25. The van der Waals surface area contributed by atoms with Crippen LogP contribution < -0.4 is 0 Å². The van der Waals surface area contributed by atoms with E-state index in [9.17, 15) is 15.8 Å². The summed E-state index contributed by atoms with van der Waals surface area (Å²) in [5, 5.41) is 31.7. The van der Waals surface area contributed by atoms with Gasteiger partial charge in [-0.25, -0.2) is 15.0 Å². The molecule has 2 heterocycles. The second kappa shape index (κ2) is 12.1. The molecule has 0 unspecified atom stereocenters. The van der Waals surface area contributed by atoms with E-state index in [1.165, 1.54) is 0 Å². The third kappa shape index (κ3) is 5.13. The van der Waals surface area contributed by atoms with Crippen molar-refractivity contribution in [2.45, 2.75) is 0 Å². The largest absolute Gasteiger partial charge is 0.309 e. The third-order valence-electron chi connectivity index (χ3n) is 8.56. The molecular formula is C42H23N7. The number of benzene rings is 6. The van der Waals surface area contributed by atoms with Crippen LogP contribution in [-0.2, 0) is 0 Å². The molecule has 0 aliphatic carbocycles. The van der Waals surface area contributed by atoms with E-state index in [2.05, 4.69) is 22.8 Å². The summed E-state index contributed by atoms with van der Waals surface area (Å²) in [7, 11) is 0. The lowest BCUT2D eigenvalue weighted by molar-refractivity contribution is 1.07.